The summed E-state index contributed by atoms with van der Waals surface area (Å²) in [6.07, 6.45) is 0. The quantitative estimate of drug-likeness (QED) is 0.546. The molecular formula is C15H17BrMgO4. The second-order valence-corrected chi connectivity index (χ2v) is 4.07. The van der Waals surface area contributed by atoms with Gasteiger partial charge >= 0.3 is 23.1 Å². The summed E-state index contributed by atoms with van der Waals surface area (Å²) in [5.74, 6) is 2.74. The van der Waals surface area contributed by atoms with Crippen LogP contribution in [0.25, 0.3) is 10.8 Å². The SMILES string of the molecule is COc1[c-]cc(OC)c2c(OC)cc(C)c(OC)c12.[Br-].[Mg+2]. The van der Waals surface area contributed by atoms with E-state index in [0.717, 1.165) is 27.8 Å². The van der Waals surface area contributed by atoms with Crippen LogP contribution in [0, 0.1) is 13.0 Å². The van der Waals surface area contributed by atoms with Crippen LogP contribution in [0.1, 0.15) is 5.56 Å². The van der Waals surface area contributed by atoms with E-state index in [1.807, 2.05) is 13.0 Å². The van der Waals surface area contributed by atoms with Crippen molar-refractivity contribution in [1.29, 1.82) is 0 Å². The topological polar surface area (TPSA) is 36.9 Å². The van der Waals surface area contributed by atoms with E-state index >= 15 is 0 Å². The molecule has 4 nitrogen and oxygen atoms in total. The Morgan fingerprint density at radius 1 is 0.857 bits per heavy atom. The second kappa shape index (κ2) is 8.56. The molecule has 0 aliphatic rings. The number of hydrogen-bond donors (Lipinski definition) is 0. The number of rotatable bonds is 4. The van der Waals surface area contributed by atoms with Gasteiger partial charge in [0.15, 0.2) is 0 Å². The molecule has 0 aliphatic heterocycles. The maximum Gasteiger partial charge on any atom is 2.00 e. The van der Waals surface area contributed by atoms with Gasteiger partial charge in [0.25, 0.3) is 0 Å². The van der Waals surface area contributed by atoms with E-state index in [9.17, 15) is 0 Å². The van der Waals surface area contributed by atoms with Gasteiger partial charge < -0.3 is 35.9 Å². The molecule has 0 amide bonds. The van der Waals surface area contributed by atoms with Gasteiger partial charge in [0.1, 0.15) is 5.75 Å². The van der Waals surface area contributed by atoms with Crippen LogP contribution in [0.5, 0.6) is 23.0 Å². The first kappa shape index (κ1) is 20.1. The van der Waals surface area contributed by atoms with Crippen molar-refractivity contribution in [2.24, 2.45) is 0 Å². The molecule has 0 atom stereocenters. The summed E-state index contributed by atoms with van der Waals surface area (Å²) in [5, 5.41) is 1.63. The summed E-state index contributed by atoms with van der Waals surface area (Å²) in [6.45, 7) is 1.96. The van der Waals surface area contributed by atoms with E-state index in [-0.39, 0.29) is 40.0 Å². The van der Waals surface area contributed by atoms with E-state index in [2.05, 4.69) is 6.07 Å². The largest absolute Gasteiger partial charge is 2.00 e. The van der Waals surface area contributed by atoms with Crippen LogP contribution in [-0.4, -0.2) is 51.5 Å². The smallest absolute Gasteiger partial charge is 1.00 e. The molecular weight excluding hydrogens is 348 g/mol. The Hall–Kier alpha value is -0.854. The standard InChI is InChI=1S/C15H17O4.BrH.Mg/c1-9-8-12(18-4)13-10(16-2)6-7-11(17-3)14(13)15(9)19-5;;/h6,8H,1-5H3;1H;/q-1;;+2/p-1. The first-order valence-corrected chi connectivity index (χ1v) is 5.85. The molecule has 2 rings (SSSR count). The minimum absolute atomic E-state index is 0. The Kier molecular flexibility index (Phi) is 8.21. The third-order valence-corrected chi connectivity index (χ3v) is 3.09. The number of fused-ring (bicyclic) bond motifs is 1. The van der Waals surface area contributed by atoms with Gasteiger partial charge in [0, 0.05) is 11.5 Å². The van der Waals surface area contributed by atoms with E-state index in [1.54, 1.807) is 34.5 Å². The van der Waals surface area contributed by atoms with Crippen molar-refractivity contribution in [3.63, 3.8) is 0 Å². The molecule has 0 spiro atoms. The Labute approximate surface area is 151 Å². The molecule has 0 fully saturated rings. The van der Waals surface area contributed by atoms with Gasteiger partial charge in [-0.05, 0) is 29.3 Å². The summed E-state index contributed by atoms with van der Waals surface area (Å²) in [5.41, 5.74) is 0.965. The fourth-order valence-electron chi connectivity index (χ4n) is 2.25. The van der Waals surface area contributed by atoms with Gasteiger partial charge in [-0.2, -0.15) is 0 Å². The number of ether oxygens (including phenoxy) is 4. The average molecular weight is 366 g/mol. The number of methoxy groups -OCH3 is 4. The summed E-state index contributed by atoms with van der Waals surface area (Å²) in [7, 11) is 6.48. The Morgan fingerprint density at radius 2 is 1.48 bits per heavy atom. The van der Waals surface area contributed by atoms with E-state index in [4.69, 9.17) is 18.9 Å². The maximum absolute atomic E-state index is 5.49. The van der Waals surface area contributed by atoms with Gasteiger partial charge in [-0.3, -0.25) is 0 Å². The van der Waals surface area contributed by atoms with Crippen LogP contribution in [-0.2, 0) is 0 Å². The first-order chi connectivity index (χ1) is 9.17. The summed E-state index contributed by atoms with van der Waals surface area (Å²) >= 11 is 0. The minimum Gasteiger partial charge on any atom is -1.00 e. The Bertz CT molecular complexity index is 616. The van der Waals surface area contributed by atoms with Crippen LogP contribution in [0.3, 0.4) is 0 Å². The maximum atomic E-state index is 5.49. The molecule has 0 aliphatic carbocycles. The number of aryl methyl sites for hydroxylation is 1. The fourth-order valence-corrected chi connectivity index (χ4v) is 2.25. The number of hydrogen-bond acceptors (Lipinski definition) is 4. The molecule has 6 heteroatoms. The molecule has 0 saturated carbocycles. The van der Waals surface area contributed by atoms with Gasteiger partial charge in [0.05, 0.1) is 34.2 Å². The van der Waals surface area contributed by atoms with Gasteiger partial charge in [-0.15, -0.1) is 12.1 Å². The molecule has 2 aromatic carbocycles. The van der Waals surface area contributed by atoms with Crippen molar-refractivity contribution in [3.8, 4) is 23.0 Å². The molecule has 0 aromatic heterocycles. The molecule has 2 aromatic rings. The molecule has 0 saturated heterocycles. The van der Waals surface area contributed by atoms with Gasteiger partial charge in [-0.25, -0.2) is 0 Å². The van der Waals surface area contributed by atoms with E-state index < -0.39 is 0 Å². The molecule has 0 N–H and O–H groups in total. The van der Waals surface area contributed by atoms with Crippen molar-refractivity contribution in [1.82, 2.24) is 0 Å². The average Bonchev–Trinajstić information content (AvgIpc) is 2.45. The zero-order valence-electron chi connectivity index (χ0n) is 12.9. The molecule has 0 bridgehead atoms. The second-order valence-electron chi connectivity index (χ2n) is 4.07. The monoisotopic (exact) mass is 364 g/mol. The van der Waals surface area contributed by atoms with Crippen LogP contribution < -0.4 is 35.9 Å². The predicted molar refractivity (Wildman–Crippen MR) is 79.5 cm³/mol. The Balaban J connectivity index is 0.00000200. The van der Waals surface area contributed by atoms with Gasteiger partial charge in [-0.1, -0.05) is 0 Å². The normalized spacial score (nSPS) is 9.38. The van der Waals surface area contributed by atoms with Crippen molar-refractivity contribution >= 4 is 33.8 Å². The van der Waals surface area contributed by atoms with Crippen LogP contribution in [0.15, 0.2) is 12.1 Å². The van der Waals surface area contributed by atoms with Gasteiger partial charge in [0.2, 0.25) is 0 Å². The third kappa shape index (κ3) is 3.49. The molecule has 0 heterocycles. The van der Waals surface area contributed by atoms with Crippen molar-refractivity contribution < 1.29 is 35.9 Å². The zero-order chi connectivity index (χ0) is 14.0. The van der Waals surface area contributed by atoms with Crippen LogP contribution in [0.4, 0.5) is 0 Å². The van der Waals surface area contributed by atoms with E-state index in [0.29, 0.717) is 11.5 Å². The third-order valence-electron chi connectivity index (χ3n) is 3.09. The molecule has 21 heavy (non-hydrogen) atoms. The van der Waals surface area contributed by atoms with Crippen molar-refractivity contribution in [3.05, 3.63) is 23.8 Å². The first-order valence-electron chi connectivity index (χ1n) is 5.85. The summed E-state index contributed by atoms with van der Waals surface area (Å²) in [6, 6.07) is 6.71. The predicted octanol–water partition coefficient (Wildman–Crippen LogP) is -0.394. The fraction of sp³-hybridized carbons (Fsp3) is 0.333. The number of halogens is 1. The van der Waals surface area contributed by atoms with Crippen LogP contribution >= 0.6 is 0 Å². The van der Waals surface area contributed by atoms with E-state index in [1.165, 1.54) is 0 Å². The minimum atomic E-state index is 0. The zero-order valence-corrected chi connectivity index (χ0v) is 15.9. The van der Waals surface area contributed by atoms with Crippen molar-refractivity contribution in [2.75, 3.05) is 28.4 Å². The summed E-state index contributed by atoms with van der Waals surface area (Å²) in [4.78, 5) is 0. The summed E-state index contributed by atoms with van der Waals surface area (Å²) < 4.78 is 21.7. The molecule has 110 valence electrons. The molecule has 0 radical (unpaired) electrons. The van der Waals surface area contributed by atoms with Crippen molar-refractivity contribution in [2.45, 2.75) is 6.92 Å². The Morgan fingerprint density at radius 3 is 1.95 bits per heavy atom. The van der Waals surface area contributed by atoms with Crippen LogP contribution in [0.2, 0.25) is 0 Å². The number of benzene rings is 2. The molecule has 0 unspecified atom stereocenters.